The third-order valence-electron chi connectivity index (χ3n) is 4.09. The van der Waals surface area contributed by atoms with Crippen molar-refractivity contribution in [3.05, 3.63) is 29.3 Å². The van der Waals surface area contributed by atoms with Crippen molar-refractivity contribution in [2.75, 3.05) is 18.8 Å². The molecule has 4 nitrogen and oxygen atoms in total. The number of benzene rings is 1. The highest BCUT2D eigenvalue weighted by atomic mass is 16.6. The van der Waals surface area contributed by atoms with Crippen molar-refractivity contribution in [2.45, 2.75) is 52.6 Å². The summed E-state index contributed by atoms with van der Waals surface area (Å²) in [6, 6.07) is 6.18. The van der Waals surface area contributed by atoms with E-state index in [0.29, 0.717) is 5.92 Å². The van der Waals surface area contributed by atoms with Gasteiger partial charge in [0.05, 0.1) is 0 Å². The van der Waals surface area contributed by atoms with Gasteiger partial charge < -0.3 is 15.4 Å². The minimum absolute atomic E-state index is 0.200. The van der Waals surface area contributed by atoms with Crippen LogP contribution < -0.4 is 5.73 Å². The quantitative estimate of drug-likeness (QED) is 0.846. The van der Waals surface area contributed by atoms with Crippen LogP contribution >= 0.6 is 0 Å². The molecule has 1 saturated heterocycles. The summed E-state index contributed by atoms with van der Waals surface area (Å²) in [5.74, 6) is 0.449. The Morgan fingerprint density at radius 2 is 2.14 bits per heavy atom. The zero-order chi connectivity index (χ0) is 16.3. The Balaban J connectivity index is 1.99. The monoisotopic (exact) mass is 304 g/mol. The lowest BCUT2D eigenvalue weighted by Gasteiger charge is -2.34. The summed E-state index contributed by atoms with van der Waals surface area (Å²) in [7, 11) is 0. The number of carbonyl (C=O) groups is 1. The molecule has 1 unspecified atom stereocenters. The minimum atomic E-state index is -0.439. The molecule has 2 rings (SSSR count). The molecule has 0 radical (unpaired) electrons. The van der Waals surface area contributed by atoms with Crippen LogP contribution in [-0.4, -0.2) is 29.7 Å². The first-order valence-electron chi connectivity index (χ1n) is 8.08. The number of carbonyl (C=O) groups excluding carboxylic acids is 1. The Morgan fingerprint density at radius 3 is 2.82 bits per heavy atom. The van der Waals surface area contributed by atoms with E-state index in [9.17, 15) is 4.79 Å². The van der Waals surface area contributed by atoms with Crippen molar-refractivity contribution in [3.8, 4) is 0 Å². The van der Waals surface area contributed by atoms with Crippen LogP contribution in [0.25, 0.3) is 0 Å². The molecular weight excluding hydrogens is 276 g/mol. The highest BCUT2D eigenvalue weighted by Gasteiger charge is 2.27. The van der Waals surface area contributed by atoms with Gasteiger partial charge in [0.25, 0.3) is 0 Å². The molecule has 122 valence electrons. The highest BCUT2D eigenvalue weighted by molar-refractivity contribution is 5.68. The number of nitrogens with two attached hydrogens (primary N) is 1. The van der Waals surface area contributed by atoms with Crippen LogP contribution in [0.5, 0.6) is 0 Å². The van der Waals surface area contributed by atoms with Gasteiger partial charge in [0.2, 0.25) is 0 Å². The van der Waals surface area contributed by atoms with Crippen molar-refractivity contribution in [1.29, 1.82) is 0 Å². The van der Waals surface area contributed by atoms with Crippen LogP contribution in [0.1, 0.15) is 44.7 Å². The van der Waals surface area contributed by atoms with Gasteiger partial charge in [-0.2, -0.15) is 0 Å². The molecule has 1 heterocycles. The number of nitrogen functional groups attached to an aromatic ring is 1. The molecule has 1 fully saturated rings. The number of likely N-dealkylation sites (tertiary alicyclic amines) is 1. The number of hydrogen-bond acceptors (Lipinski definition) is 3. The molecule has 1 aromatic rings. The van der Waals surface area contributed by atoms with Crippen LogP contribution in [0.3, 0.4) is 0 Å². The van der Waals surface area contributed by atoms with E-state index in [1.165, 1.54) is 5.56 Å². The van der Waals surface area contributed by atoms with Crippen LogP contribution in [0.4, 0.5) is 10.5 Å². The van der Waals surface area contributed by atoms with Crippen molar-refractivity contribution in [3.63, 3.8) is 0 Å². The van der Waals surface area contributed by atoms with Crippen LogP contribution in [-0.2, 0) is 11.2 Å². The first kappa shape index (κ1) is 16.7. The van der Waals surface area contributed by atoms with Gasteiger partial charge in [-0.25, -0.2) is 4.79 Å². The number of ether oxygens (including phenoxy) is 1. The van der Waals surface area contributed by atoms with Gasteiger partial charge >= 0.3 is 6.09 Å². The molecule has 0 spiro atoms. The Bertz CT molecular complexity index is 534. The van der Waals surface area contributed by atoms with E-state index in [1.807, 2.05) is 38.7 Å². The van der Waals surface area contributed by atoms with Gasteiger partial charge in [0.1, 0.15) is 5.60 Å². The average Bonchev–Trinajstić information content (AvgIpc) is 2.42. The molecule has 22 heavy (non-hydrogen) atoms. The summed E-state index contributed by atoms with van der Waals surface area (Å²) in [5, 5.41) is 0. The number of anilines is 1. The zero-order valence-electron chi connectivity index (χ0n) is 14.2. The van der Waals surface area contributed by atoms with E-state index in [-0.39, 0.29) is 6.09 Å². The van der Waals surface area contributed by atoms with Crippen LogP contribution in [0.2, 0.25) is 0 Å². The maximum atomic E-state index is 12.2. The normalized spacial score (nSPS) is 19.1. The fourth-order valence-electron chi connectivity index (χ4n) is 2.95. The summed E-state index contributed by atoms with van der Waals surface area (Å²) < 4.78 is 5.48. The van der Waals surface area contributed by atoms with Gasteiger partial charge in [0, 0.05) is 18.8 Å². The van der Waals surface area contributed by atoms with Gasteiger partial charge in [-0.1, -0.05) is 18.2 Å². The molecule has 1 atom stereocenters. The summed E-state index contributed by atoms with van der Waals surface area (Å²) in [4.78, 5) is 14.1. The smallest absolute Gasteiger partial charge is 0.410 e. The van der Waals surface area contributed by atoms with E-state index < -0.39 is 5.60 Å². The molecular formula is C18H28N2O2. The van der Waals surface area contributed by atoms with E-state index in [4.69, 9.17) is 10.5 Å². The number of piperidine rings is 1. The fourth-order valence-corrected chi connectivity index (χ4v) is 2.95. The SMILES string of the molecule is Cc1cccc(CC2CCCN(C(=O)OC(C)(C)C)C2)c1N. The highest BCUT2D eigenvalue weighted by Crippen LogP contribution is 2.26. The third-order valence-corrected chi connectivity index (χ3v) is 4.09. The van der Waals surface area contributed by atoms with Gasteiger partial charge in [-0.3, -0.25) is 0 Å². The summed E-state index contributed by atoms with van der Waals surface area (Å²) in [6.45, 7) is 9.28. The van der Waals surface area contributed by atoms with Crippen molar-refractivity contribution < 1.29 is 9.53 Å². The summed E-state index contributed by atoms with van der Waals surface area (Å²) >= 11 is 0. The lowest BCUT2D eigenvalue weighted by molar-refractivity contribution is 0.0166. The average molecular weight is 304 g/mol. The van der Waals surface area contributed by atoms with E-state index in [1.54, 1.807) is 0 Å². The molecule has 0 aliphatic carbocycles. The standard InChI is InChI=1S/C18H28N2O2/c1-13-7-5-9-15(16(13)19)11-14-8-6-10-20(12-14)17(21)22-18(2,3)4/h5,7,9,14H,6,8,10-12,19H2,1-4H3. The predicted octanol–water partition coefficient (Wildman–Crippen LogP) is 3.77. The fraction of sp³-hybridized carbons (Fsp3) is 0.611. The molecule has 2 N–H and O–H groups in total. The number of para-hydroxylation sites is 1. The number of amides is 1. The third kappa shape index (κ3) is 4.39. The molecule has 1 aliphatic rings. The number of hydrogen-bond donors (Lipinski definition) is 1. The van der Waals surface area contributed by atoms with E-state index >= 15 is 0 Å². The molecule has 0 saturated carbocycles. The van der Waals surface area contributed by atoms with Crippen molar-refractivity contribution in [1.82, 2.24) is 4.90 Å². The van der Waals surface area contributed by atoms with Crippen molar-refractivity contribution >= 4 is 11.8 Å². The van der Waals surface area contributed by atoms with E-state index in [0.717, 1.165) is 43.6 Å². The summed E-state index contributed by atoms with van der Waals surface area (Å²) in [6.07, 6.45) is 2.88. The largest absolute Gasteiger partial charge is 0.444 e. The van der Waals surface area contributed by atoms with Crippen LogP contribution in [0, 0.1) is 12.8 Å². The topological polar surface area (TPSA) is 55.6 Å². The minimum Gasteiger partial charge on any atom is -0.444 e. The molecule has 4 heteroatoms. The first-order valence-corrected chi connectivity index (χ1v) is 8.08. The molecule has 1 amide bonds. The van der Waals surface area contributed by atoms with Gasteiger partial charge in [-0.05, 0) is 64.0 Å². The van der Waals surface area contributed by atoms with Gasteiger partial charge in [0.15, 0.2) is 0 Å². The molecule has 0 bridgehead atoms. The lowest BCUT2D eigenvalue weighted by Crippen LogP contribution is -2.43. The Labute approximate surface area is 133 Å². The Hall–Kier alpha value is -1.71. The number of nitrogens with zero attached hydrogens (tertiary/aromatic N) is 1. The van der Waals surface area contributed by atoms with E-state index in [2.05, 4.69) is 12.1 Å². The predicted molar refractivity (Wildman–Crippen MR) is 89.8 cm³/mol. The molecule has 1 aliphatic heterocycles. The van der Waals surface area contributed by atoms with Crippen molar-refractivity contribution in [2.24, 2.45) is 5.92 Å². The number of aryl methyl sites for hydroxylation is 1. The molecule has 0 aromatic heterocycles. The first-order chi connectivity index (χ1) is 10.3. The number of rotatable bonds is 2. The second-order valence-corrected chi connectivity index (χ2v) is 7.29. The lowest BCUT2D eigenvalue weighted by atomic mass is 9.90. The summed E-state index contributed by atoms with van der Waals surface area (Å²) in [5.41, 5.74) is 8.93. The van der Waals surface area contributed by atoms with Crippen LogP contribution in [0.15, 0.2) is 18.2 Å². The second kappa shape index (κ2) is 6.59. The second-order valence-electron chi connectivity index (χ2n) is 7.29. The molecule has 1 aromatic carbocycles. The maximum Gasteiger partial charge on any atom is 0.410 e. The van der Waals surface area contributed by atoms with Gasteiger partial charge in [-0.15, -0.1) is 0 Å². The Morgan fingerprint density at radius 1 is 1.41 bits per heavy atom. The maximum absolute atomic E-state index is 12.2. The Kier molecular flexibility index (Phi) is 4.99. The zero-order valence-corrected chi connectivity index (χ0v) is 14.2.